The minimum Gasteiger partial charge on any atom is -0.354 e. The van der Waals surface area contributed by atoms with Crippen LogP contribution in [0, 0.1) is 0 Å². The predicted molar refractivity (Wildman–Crippen MR) is 100.0 cm³/mol. The molecule has 0 aliphatic carbocycles. The van der Waals surface area contributed by atoms with Crippen molar-refractivity contribution in [3.8, 4) is 0 Å². The normalized spacial score (nSPS) is 10.0. The summed E-state index contributed by atoms with van der Waals surface area (Å²) >= 11 is 5.79. The standard InChI is InChI=1S/C19H20ClN3O3/c20-16-8-6-14(7-9-16)12-17(24)21-10-11-22-18(25)13-23-19(26)15-4-2-1-3-5-15/h1-9H,10-13H2,(H,21,24)(H,22,25)(H,23,26). The molecule has 136 valence electrons. The molecule has 2 rings (SSSR count). The van der Waals surface area contributed by atoms with Gasteiger partial charge in [0.1, 0.15) is 0 Å². The van der Waals surface area contributed by atoms with Crippen molar-refractivity contribution in [3.63, 3.8) is 0 Å². The molecule has 0 aliphatic heterocycles. The zero-order valence-electron chi connectivity index (χ0n) is 14.1. The van der Waals surface area contributed by atoms with Gasteiger partial charge in [-0.3, -0.25) is 14.4 Å². The average Bonchev–Trinajstić information content (AvgIpc) is 2.66. The van der Waals surface area contributed by atoms with Crippen LogP contribution in [0.4, 0.5) is 0 Å². The van der Waals surface area contributed by atoms with Crippen molar-refractivity contribution in [2.45, 2.75) is 6.42 Å². The monoisotopic (exact) mass is 373 g/mol. The highest BCUT2D eigenvalue weighted by molar-refractivity contribution is 6.30. The third-order valence-electron chi connectivity index (χ3n) is 3.49. The van der Waals surface area contributed by atoms with Crippen molar-refractivity contribution < 1.29 is 14.4 Å². The molecule has 2 aromatic rings. The summed E-state index contributed by atoms with van der Waals surface area (Å²) in [6.45, 7) is 0.476. The van der Waals surface area contributed by atoms with Crippen LogP contribution in [0.2, 0.25) is 5.02 Å². The van der Waals surface area contributed by atoms with Crippen LogP contribution in [-0.4, -0.2) is 37.4 Å². The molecule has 3 N–H and O–H groups in total. The summed E-state index contributed by atoms with van der Waals surface area (Å²) in [4.78, 5) is 35.3. The highest BCUT2D eigenvalue weighted by atomic mass is 35.5. The maximum absolute atomic E-state index is 11.8. The Morgan fingerprint density at radius 2 is 1.38 bits per heavy atom. The number of halogens is 1. The van der Waals surface area contributed by atoms with Gasteiger partial charge in [0.25, 0.3) is 5.91 Å². The van der Waals surface area contributed by atoms with E-state index < -0.39 is 0 Å². The van der Waals surface area contributed by atoms with Gasteiger partial charge in [0.15, 0.2) is 0 Å². The zero-order valence-corrected chi connectivity index (χ0v) is 14.9. The van der Waals surface area contributed by atoms with Crippen molar-refractivity contribution in [2.24, 2.45) is 0 Å². The second kappa shape index (κ2) is 10.2. The van der Waals surface area contributed by atoms with Gasteiger partial charge in [0.05, 0.1) is 13.0 Å². The van der Waals surface area contributed by atoms with E-state index in [2.05, 4.69) is 16.0 Å². The number of nitrogens with one attached hydrogen (secondary N) is 3. The first-order chi connectivity index (χ1) is 12.5. The van der Waals surface area contributed by atoms with Crippen molar-refractivity contribution >= 4 is 29.3 Å². The molecule has 0 atom stereocenters. The van der Waals surface area contributed by atoms with Gasteiger partial charge in [-0.05, 0) is 29.8 Å². The van der Waals surface area contributed by atoms with Crippen molar-refractivity contribution in [2.75, 3.05) is 19.6 Å². The number of carbonyl (C=O) groups is 3. The molecular weight excluding hydrogens is 354 g/mol. The SMILES string of the molecule is O=C(CNC(=O)c1ccccc1)NCCNC(=O)Cc1ccc(Cl)cc1. The third kappa shape index (κ3) is 6.94. The van der Waals surface area contributed by atoms with E-state index in [9.17, 15) is 14.4 Å². The Hall–Kier alpha value is -2.86. The minimum atomic E-state index is -0.318. The van der Waals surface area contributed by atoms with E-state index in [1.165, 1.54) is 0 Å². The van der Waals surface area contributed by atoms with E-state index in [-0.39, 0.29) is 37.2 Å². The molecule has 0 saturated carbocycles. The maximum Gasteiger partial charge on any atom is 0.251 e. The topological polar surface area (TPSA) is 87.3 Å². The van der Waals surface area contributed by atoms with Gasteiger partial charge in [-0.25, -0.2) is 0 Å². The van der Waals surface area contributed by atoms with Crippen molar-refractivity contribution in [1.82, 2.24) is 16.0 Å². The van der Waals surface area contributed by atoms with Crippen LogP contribution in [-0.2, 0) is 16.0 Å². The van der Waals surface area contributed by atoms with Gasteiger partial charge in [-0.15, -0.1) is 0 Å². The molecule has 0 spiro atoms. The molecule has 0 fully saturated rings. The number of benzene rings is 2. The van der Waals surface area contributed by atoms with Crippen molar-refractivity contribution in [3.05, 3.63) is 70.7 Å². The summed E-state index contributed by atoms with van der Waals surface area (Å²) in [6.07, 6.45) is 0.248. The molecule has 3 amide bonds. The summed E-state index contributed by atoms with van der Waals surface area (Å²) in [5.74, 6) is -0.766. The highest BCUT2D eigenvalue weighted by Crippen LogP contribution is 2.09. The van der Waals surface area contributed by atoms with Gasteiger partial charge in [-0.1, -0.05) is 41.9 Å². The molecule has 0 radical (unpaired) electrons. The van der Waals surface area contributed by atoms with Gasteiger partial charge in [0, 0.05) is 23.7 Å². The zero-order chi connectivity index (χ0) is 18.8. The fourth-order valence-corrected chi connectivity index (χ4v) is 2.29. The Morgan fingerprint density at radius 1 is 0.769 bits per heavy atom. The Bertz CT molecular complexity index is 748. The van der Waals surface area contributed by atoms with Crippen LogP contribution >= 0.6 is 11.6 Å². The largest absolute Gasteiger partial charge is 0.354 e. The third-order valence-corrected chi connectivity index (χ3v) is 3.74. The van der Waals surface area contributed by atoms with Gasteiger partial charge >= 0.3 is 0 Å². The highest BCUT2D eigenvalue weighted by Gasteiger charge is 2.07. The smallest absolute Gasteiger partial charge is 0.251 e. The van der Waals surface area contributed by atoms with E-state index >= 15 is 0 Å². The van der Waals surface area contributed by atoms with E-state index in [0.717, 1.165) is 5.56 Å². The summed E-state index contributed by atoms with van der Waals surface area (Å²) in [6, 6.07) is 15.7. The lowest BCUT2D eigenvalue weighted by molar-refractivity contribution is -0.122. The molecule has 0 heterocycles. The van der Waals surface area contributed by atoms with E-state index in [1.54, 1.807) is 48.5 Å². The lowest BCUT2D eigenvalue weighted by Gasteiger charge is -2.08. The average molecular weight is 374 g/mol. The quantitative estimate of drug-likeness (QED) is 0.613. The molecular formula is C19H20ClN3O3. The predicted octanol–water partition coefficient (Wildman–Crippen LogP) is 1.54. The van der Waals surface area contributed by atoms with Crippen molar-refractivity contribution in [1.29, 1.82) is 0 Å². The molecule has 0 bridgehead atoms. The van der Waals surface area contributed by atoms with E-state index in [1.807, 2.05) is 6.07 Å². The molecule has 0 unspecified atom stereocenters. The first kappa shape index (κ1) is 19.5. The summed E-state index contributed by atoms with van der Waals surface area (Å²) in [5.41, 5.74) is 1.36. The number of carbonyl (C=O) groups excluding carboxylic acids is 3. The number of hydrogen-bond donors (Lipinski definition) is 3. The second-order valence-electron chi connectivity index (χ2n) is 5.55. The summed E-state index contributed by atoms with van der Waals surface area (Å²) in [7, 11) is 0. The van der Waals surface area contributed by atoms with Crippen LogP contribution in [0.15, 0.2) is 54.6 Å². The summed E-state index contributed by atoms with van der Waals surface area (Å²) < 4.78 is 0. The Labute approximate surface area is 156 Å². The van der Waals surface area contributed by atoms with E-state index in [0.29, 0.717) is 17.1 Å². The van der Waals surface area contributed by atoms with Crippen LogP contribution in [0.3, 0.4) is 0 Å². The van der Waals surface area contributed by atoms with E-state index in [4.69, 9.17) is 11.6 Å². The number of rotatable bonds is 8. The van der Waals surface area contributed by atoms with Crippen LogP contribution < -0.4 is 16.0 Å². The molecule has 0 aliphatic rings. The first-order valence-corrected chi connectivity index (χ1v) is 8.53. The lowest BCUT2D eigenvalue weighted by Crippen LogP contribution is -2.40. The number of hydrogen-bond acceptors (Lipinski definition) is 3. The molecule has 0 aromatic heterocycles. The molecule has 26 heavy (non-hydrogen) atoms. The van der Waals surface area contributed by atoms with Gasteiger partial charge in [-0.2, -0.15) is 0 Å². The summed E-state index contributed by atoms with van der Waals surface area (Å²) in [5, 5.41) is 8.51. The Balaban J connectivity index is 1.58. The minimum absolute atomic E-state index is 0.119. The second-order valence-corrected chi connectivity index (χ2v) is 5.99. The van der Waals surface area contributed by atoms with Gasteiger partial charge in [0.2, 0.25) is 11.8 Å². The Morgan fingerprint density at radius 3 is 2.04 bits per heavy atom. The Kier molecular flexibility index (Phi) is 7.64. The van der Waals surface area contributed by atoms with Crippen LogP contribution in [0.5, 0.6) is 0 Å². The molecule has 0 saturated heterocycles. The first-order valence-electron chi connectivity index (χ1n) is 8.15. The molecule has 6 nitrogen and oxygen atoms in total. The maximum atomic E-state index is 11.8. The molecule has 7 heteroatoms. The number of amides is 3. The van der Waals surface area contributed by atoms with Crippen LogP contribution in [0.25, 0.3) is 0 Å². The van der Waals surface area contributed by atoms with Gasteiger partial charge < -0.3 is 16.0 Å². The molecule has 2 aromatic carbocycles. The fourth-order valence-electron chi connectivity index (χ4n) is 2.17. The fraction of sp³-hybridized carbons (Fsp3) is 0.211. The lowest BCUT2D eigenvalue weighted by atomic mass is 10.1. The van der Waals surface area contributed by atoms with Crippen LogP contribution in [0.1, 0.15) is 15.9 Å².